The predicted octanol–water partition coefficient (Wildman–Crippen LogP) is 3.69. The van der Waals surface area contributed by atoms with E-state index in [0.29, 0.717) is 35.4 Å². The van der Waals surface area contributed by atoms with E-state index in [1.165, 1.54) is 59.7 Å². The summed E-state index contributed by atoms with van der Waals surface area (Å²) in [5, 5.41) is 39.9. The van der Waals surface area contributed by atoms with Gasteiger partial charge in [-0.1, -0.05) is 135 Å². The summed E-state index contributed by atoms with van der Waals surface area (Å²) in [6, 6.07) is 38.4. The van der Waals surface area contributed by atoms with E-state index in [1.807, 2.05) is 43.4 Å². The van der Waals surface area contributed by atoms with Gasteiger partial charge in [0.2, 0.25) is 0 Å². The van der Waals surface area contributed by atoms with Crippen LogP contribution in [0.5, 0.6) is 0 Å². The molecule has 0 radical (unpaired) electrons. The SMILES string of the molecule is CN(CCc1ccccc1)C(=O)c1ccc(B(O)O)cc1.CNCCc1ccccc1.O=C(Cl)c1ccc(B(O)OB(O)c2ccc(C(=O)Cl)cc2)cc1.[2H]CC. The van der Waals surface area contributed by atoms with Gasteiger partial charge in [-0.2, -0.15) is 0 Å². The molecular weight excluding hydrogens is 752 g/mol. The monoisotopic (exact) mass is 799 g/mol. The molecule has 56 heavy (non-hydrogen) atoms. The van der Waals surface area contributed by atoms with Crippen LogP contribution in [-0.2, 0) is 17.4 Å². The summed E-state index contributed by atoms with van der Waals surface area (Å²) in [4.78, 5) is 35.8. The third kappa shape index (κ3) is 17.1. The molecule has 0 aliphatic carbocycles. The smallest absolute Gasteiger partial charge is 0.443 e. The van der Waals surface area contributed by atoms with Crippen molar-refractivity contribution in [2.24, 2.45) is 0 Å². The van der Waals surface area contributed by atoms with Gasteiger partial charge < -0.3 is 34.9 Å². The van der Waals surface area contributed by atoms with Crippen LogP contribution >= 0.6 is 23.2 Å². The van der Waals surface area contributed by atoms with Crippen LogP contribution in [0, 0.1) is 0 Å². The highest BCUT2D eigenvalue weighted by Gasteiger charge is 2.26. The molecule has 292 valence electrons. The summed E-state index contributed by atoms with van der Waals surface area (Å²) in [5.41, 5.74) is 4.76. The van der Waals surface area contributed by atoms with Crippen LogP contribution in [0.4, 0.5) is 0 Å². The van der Waals surface area contributed by atoms with Crippen LogP contribution in [0.25, 0.3) is 0 Å². The molecule has 0 spiro atoms. The maximum Gasteiger partial charge on any atom is 0.488 e. The number of carbonyl (C=O) groups is 3. The minimum atomic E-state index is -1.51. The summed E-state index contributed by atoms with van der Waals surface area (Å²) >= 11 is 10.7. The quantitative estimate of drug-likeness (QED) is 0.0836. The van der Waals surface area contributed by atoms with E-state index in [-0.39, 0.29) is 17.0 Å². The summed E-state index contributed by atoms with van der Waals surface area (Å²) in [6.07, 6.45) is 1.92. The minimum Gasteiger partial charge on any atom is -0.443 e. The van der Waals surface area contributed by atoms with Crippen molar-refractivity contribution in [3.63, 3.8) is 0 Å². The molecule has 10 nitrogen and oxygen atoms in total. The van der Waals surface area contributed by atoms with Crippen LogP contribution in [0.15, 0.2) is 133 Å². The van der Waals surface area contributed by atoms with Crippen molar-refractivity contribution in [3.05, 3.63) is 161 Å². The number of benzene rings is 5. The Morgan fingerprint density at radius 1 is 0.643 bits per heavy atom. The third-order valence-corrected chi connectivity index (χ3v) is 8.43. The molecule has 5 rings (SSSR count). The number of nitrogens with one attached hydrogen (secondary N) is 1. The molecule has 0 saturated heterocycles. The Labute approximate surface area is 341 Å². The van der Waals surface area contributed by atoms with E-state index in [1.54, 1.807) is 43.1 Å². The summed E-state index contributed by atoms with van der Waals surface area (Å²) in [7, 11) is -0.578. The number of rotatable bonds is 14. The Morgan fingerprint density at radius 3 is 1.39 bits per heavy atom. The van der Waals surface area contributed by atoms with Gasteiger partial charge in [0.1, 0.15) is 0 Å². The molecular formula is C41H47B3Cl2N2O8. The standard InChI is InChI=1S/C16H18BNO3.C14H10B2Cl2O5.C9H13N.C2H6/c1-18(12-11-13-5-3-2-4-6-13)16(19)14-7-9-15(10-8-14)17(20)21;17-13(19)9-1-5-11(6-2-9)15(21)23-16(22)12-7-3-10(4-8-12)14(18)20;1-10-8-7-9-5-3-2-4-6-9;1-2/h2-10,20-21H,11-12H2,1H3;1-8,21-22H;2-6,10H,7-8H2,1H3;1-2H3/i;;;1D. The Balaban J connectivity index is 0.000000303. The van der Waals surface area contributed by atoms with Crippen molar-refractivity contribution in [2.75, 3.05) is 27.2 Å². The van der Waals surface area contributed by atoms with Crippen molar-refractivity contribution < 1.29 is 40.4 Å². The molecule has 0 aliphatic heterocycles. The van der Waals surface area contributed by atoms with Crippen LogP contribution < -0.4 is 21.7 Å². The Hall–Kier alpha value is -4.56. The largest absolute Gasteiger partial charge is 0.488 e. The molecule has 15 heteroatoms. The Kier molecular flexibility index (Phi) is 21.5. The number of likely N-dealkylation sites (N-methyl/N-ethyl adjacent to an activating group) is 2. The van der Waals surface area contributed by atoms with Crippen molar-refractivity contribution in [3.8, 4) is 0 Å². The first kappa shape index (κ1) is 45.8. The lowest BCUT2D eigenvalue weighted by atomic mass is 9.71. The lowest BCUT2D eigenvalue weighted by Gasteiger charge is -2.17. The highest BCUT2D eigenvalue weighted by Crippen LogP contribution is 2.07. The predicted molar refractivity (Wildman–Crippen MR) is 228 cm³/mol. The van der Waals surface area contributed by atoms with Gasteiger partial charge in [0.05, 0.1) is 0 Å². The van der Waals surface area contributed by atoms with Crippen molar-refractivity contribution in [2.45, 2.75) is 26.7 Å². The van der Waals surface area contributed by atoms with Gasteiger partial charge in [-0.05, 0) is 89.3 Å². The van der Waals surface area contributed by atoms with Gasteiger partial charge in [0.15, 0.2) is 0 Å². The highest BCUT2D eigenvalue weighted by molar-refractivity contribution is 6.73. The summed E-state index contributed by atoms with van der Waals surface area (Å²) in [5.74, 6) is -0.0788. The fourth-order valence-corrected chi connectivity index (χ4v) is 5.06. The van der Waals surface area contributed by atoms with Crippen molar-refractivity contribution in [1.29, 1.82) is 0 Å². The first-order valence-electron chi connectivity index (χ1n) is 18.4. The third-order valence-electron chi connectivity index (χ3n) is 7.99. The van der Waals surface area contributed by atoms with Crippen molar-refractivity contribution >= 4 is 77.3 Å². The Bertz CT molecular complexity index is 1840. The number of nitrogens with zero attached hydrogens (tertiary/aromatic N) is 1. The normalized spacial score (nSPS) is 10.1. The zero-order valence-electron chi connectivity index (χ0n) is 32.6. The number of amides is 1. The maximum atomic E-state index is 12.2. The first-order valence-corrected chi connectivity index (χ1v) is 18.4. The van der Waals surface area contributed by atoms with Gasteiger partial charge in [0, 0.05) is 31.7 Å². The number of hydrogen-bond acceptors (Lipinski definition) is 9. The number of halogens is 2. The second-order valence-electron chi connectivity index (χ2n) is 11.9. The molecule has 1 amide bonds. The maximum absolute atomic E-state index is 12.2. The molecule has 0 aromatic heterocycles. The fraction of sp³-hybridized carbons (Fsp3) is 0.195. The molecule has 5 N–H and O–H groups in total. The topological polar surface area (TPSA) is 157 Å². The first-order chi connectivity index (χ1) is 27.3. The van der Waals surface area contributed by atoms with Gasteiger partial charge in [0.25, 0.3) is 16.4 Å². The zero-order valence-corrected chi connectivity index (χ0v) is 33.1. The average Bonchev–Trinajstić information content (AvgIpc) is 3.23. The molecule has 5 aromatic rings. The number of hydrogen-bond donors (Lipinski definition) is 5. The molecule has 0 unspecified atom stereocenters. The van der Waals surface area contributed by atoms with Gasteiger partial charge >= 0.3 is 21.4 Å². The van der Waals surface area contributed by atoms with E-state index in [4.69, 9.17) is 39.2 Å². The number of carbonyl (C=O) groups excluding carboxylic acids is 3. The van der Waals surface area contributed by atoms with Crippen molar-refractivity contribution in [1.82, 2.24) is 10.2 Å². The van der Waals surface area contributed by atoms with Crippen LogP contribution in [0.2, 0.25) is 0 Å². The highest BCUT2D eigenvalue weighted by atomic mass is 35.5. The van der Waals surface area contributed by atoms with E-state index >= 15 is 0 Å². The van der Waals surface area contributed by atoms with Crippen LogP contribution in [0.3, 0.4) is 0 Å². The van der Waals surface area contributed by atoms with Gasteiger partial charge in [-0.3, -0.25) is 14.4 Å². The second-order valence-corrected chi connectivity index (χ2v) is 12.6. The van der Waals surface area contributed by atoms with E-state index in [0.717, 1.165) is 19.4 Å². The van der Waals surface area contributed by atoms with Crippen LogP contribution in [-0.4, -0.2) is 89.9 Å². The lowest BCUT2D eigenvalue weighted by molar-refractivity contribution is 0.0796. The molecule has 5 aromatic carbocycles. The molecule has 0 fully saturated rings. The molecule has 0 saturated carbocycles. The van der Waals surface area contributed by atoms with Gasteiger partial charge in [-0.15, -0.1) is 0 Å². The lowest BCUT2D eigenvalue weighted by Crippen LogP contribution is -2.45. The molecule has 0 aliphatic rings. The zero-order chi connectivity index (χ0) is 42.2. The molecule has 0 bridgehead atoms. The summed E-state index contributed by atoms with van der Waals surface area (Å²) in [6.45, 7) is 3.98. The molecule has 0 atom stereocenters. The average molecular weight is 800 g/mol. The fourth-order valence-electron chi connectivity index (χ4n) is 4.81. The van der Waals surface area contributed by atoms with E-state index in [9.17, 15) is 24.4 Å². The van der Waals surface area contributed by atoms with E-state index in [2.05, 4.69) is 29.6 Å². The van der Waals surface area contributed by atoms with E-state index < -0.39 is 31.8 Å². The summed E-state index contributed by atoms with van der Waals surface area (Å²) < 4.78 is 11.3. The second kappa shape index (κ2) is 26.3. The van der Waals surface area contributed by atoms with Gasteiger partial charge in [-0.25, -0.2) is 0 Å². The Morgan fingerprint density at radius 2 is 1.02 bits per heavy atom. The molecule has 0 heterocycles. The van der Waals surface area contributed by atoms with Crippen LogP contribution in [0.1, 0.15) is 57.4 Å². The minimum absolute atomic E-state index is 0.0788.